The lowest BCUT2D eigenvalue weighted by atomic mass is 9.73. The molecule has 1 aliphatic carbocycles. The van der Waals surface area contributed by atoms with Crippen LogP contribution in [0.25, 0.3) is 0 Å². The largest absolute Gasteiger partial charge is 0.507 e. The molecule has 2 amide bonds. The number of piperidine rings is 2. The molecular formula is C21H28N2O3. The van der Waals surface area contributed by atoms with Crippen molar-refractivity contribution in [2.75, 3.05) is 26.2 Å². The maximum atomic E-state index is 13.0. The van der Waals surface area contributed by atoms with Crippen LogP contribution in [0.15, 0.2) is 18.2 Å². The van der Waals surface area contributed by atoms with Crippen molar-refractivity contribution in [3.63, 3.8) is 0 Å². The van der Waals surface area contributed by atoms with Gasteiger partial charge in [-0.3, -0.25) is 9.59 Å². The van der Waals surface area contributed by atoms with Gasteiger partial charge < -0.3 is 14.9 Å². The quantitative estimate of drug-likeness (QED) is 0.906. The molecule has 1 unspecified atom stereocenters. The first-order valence-corrected chi connectivity index (χ1v) is 9.83. The molecule has 0 radical (unpaired) electrons. The summed E-state index contributed by atoms with van der Waals surface area (Å²) in [4.78, 5) is 29.3. The number of carbonyl (C=O) groups is 2. The standard InChI is InChI=1S/C21H28N2O3/c1-15-4-2-5-17(19(15)25)20(26)22-11-3-9-21(13-22)10-8-18(24)23(14-21)12-16-6-7-16/h2,4-5,16,25H,3,6-14H2,1H3. The average Bonchev–Trinajstić information content (AvgIpc) is 3.44. The summed E-state index contributed by atoms with van der Waals surface area (Å²) in [6.07, 6.45) is 6.00. The number of nitrogens with zero attached hydrogens (tertiary/aromatic N) is 2. The number of carbonyl (C=O) groups excluding carboxylic acids is 2. The van der Waals surface area contributed by atoms with Gasteiger partial charge in [0.1, 0.15) is 5.75 Å². The Morgan fingerprint density at radius 2 is 2.08 bits per heavy atom. The fourth-order valence-corrected chi connectivity index (χ4v) is 4.60. The fraction of sp³-hybridized carbons (Fsp3) is 0.619. The van der Waals surface area contributed by atoms with Crippen LogP contribution >= 0.6 is 0 Å². The van der Waals surface area contributed by atoms with Gasteiger partial charge in [-0.15, -0.1) is 0 Å². The Balaban J connectivity index is 1.50. The number of phenolic OH excluding ortho intramolecular Hbond substituents is 1. The molecule has 1 aromatic rings. The number of aryl methyl sites for hydroxylation is 1. The summed E-state index contributed by atoms with van der Waals surface area (Å²) in [5, 5.41) is 10.3. The van der Waals surface area contributed by atoms with Crippen LogP contribution in [0.2, 0.25) is 0 Å². The van der Waals surface area contributed by atoms with Crippen LogP contribution in [0.4, 0.5) is 0 Å². The summed E-state index contributed by atoms with van der Waals surface area (Å²) in [6, 6.07) is 5.33. The topological polar surface area (TPSA) is 60.9 Å². The van der Waals surface area contributed by atoms with E-state index in [1.165, 1.54) is 12.8 Å². The second-order valence-electron chi connectivity index (χ2n) is 8.52. The van der Waals surface area contributed by atoms with Gasteiger partial charge in [0.05, 0.1) is 5.56 Å². The Labute approximate surface area is 155 Å². The molecule has 1 aromatic carbocycles. The first-order valence-electron chi connectivity index (χ1n) is 9.83. The van der Waals surface area contributed by atoms with Crippen molar-refractivity contribution in [2.45, 2.75) is 45.4 Å². The number of likely N-dealkylation sites (tertiary alicyclic amines) is 2. The number of hydrogen-bond donors (Lipinski definition) is 1. The van der Waals surface area contributed by atoms with Crippen LogP contribution in [0.3, 0.4) is 0 Å². The normalized spacial score (nSPS) is 26.4. The average molecular weight is 356 g/mol. The molecule has 2 heterocycles. The van der Waals surface area contributed by atoms with Gasteiger partial charge in [-0.05, 0) is 56.6 Å². The molecule has 3 aliphatic rings. The van der Waals surface area contributed by atoms with Gasteiger partial charge in [-0.2, -0.15) is 0 Å². The molecule has 26 heavy (non-hydrogen) atoms. The van der Waals surface area contributed by atoms with Crippen LogP contribution in [0.1, 0.15) is 54.4 Å². The van der Waals surface area contributed by atoms with Crippen LogP contribution in [0, 0.1) is 18.3 Å². The van der Waals surface area contributed by atoms with Crippen molar-refractivity contribution in [2.24, 2.45) is 11.3 Å². The Bertz CT molecular complexity index is 728. The molecule has 2 saturated heterocycles. The van der Waals surface area contributed by atoms with E-state index in [0.717, 1.165) is 44.5 Å². The van der Waals surface area contributed by atoms with Gasteiger partial charge in [0.15, 0.2) is 0 Å². The van der Waals surface area contributed by atoms with E-state index in [2.05, 4.69) is 4.90 Å². The summed E-state index contributed by atoms with van der Waals surface area (Å²) in [7, 11) is 0. The number of para-hydroxylation sites is 1. The third-order valence-corrected chi connectivity index (χ3v) is 6.34. The van der Waals surface area contributed by atoms with E-state index in [1.807, 2.05) is 24.0 Å². The molecule has 4 rings (SSSR count). The summed E-state index contributed by atoms with van der Waals surface area (Å²) in [5.41, 5.74) is 1.14. The number of rotatable bonds is 3. The minimum Gasteiger partial charge on any atom is -0.507 e. The van der Waals surface area contributed by atoms with Crippen molar-refractivity contribution < 1.29 is 14.7 Å². The summed E-state index contributed by atoms with van der Waals surface area (Å²) < 4.78 is 0. The maximum Gasteiger partial charge on any atom is 0.257 e. The maximum absolute atomic E-state index is 13.0. The van der Waals surface area contributed by atoms with E-state index >= 15 is 0 Å². The molecular weight excluding hydrogens is 328 g/mol. The Hall–Kier alpha value is -2.04. The zero-order valence-electron chi connectivity index (χ0n) is 15.5. The highest BCUT2D eigenvalue weighted by atomic mass is 16.3. The monoisotopic (exact) mass is 356 g/mol. The van der Waals surface area contributed by atoms with Crippen LogP contribution in [0.5, 0.6) is 5.75 Å². The predicted octanol–water partition coefficient (Wildman–Crippen LogP) is 2.96. The molecule has 5 nitrogen and oxygen atoms in total. The lowest BCUT2D eigenvalue weighted by Crippen LogP contribution is -2.55. The zero-order chi connectivity index (χ0) is 18.3. The highest BCUT2D eigenvalue weighted by Gasteiger charge is 2.44. The fourth-order valence-electron chi connectivity index (χ4n) is 4.60. The molecule has 1 spiro atoms. The van der Waals surface area contributed by atoms with Gasteiger partial charge in [-0.1, -0.05) is 12.1 Å². The summed E-state index contributed by atoms with van der Waals surface area (Å²) >= 11 is 0. The molecule has 3 fully saturated rings. The number of phenols is 1. The van der Waals surface area contributed by atoms with Crippen molar-refractivity contribution in [1.29, 1.82) is 0 Å². The van der Waals surface area contributed by atoms with Crippen LogP contribution < -0.4 is 0 Å². The second kappa shape index (κ2) is 6.60. The molecule has 1 saturated carbocycles. The Morgan fingerprint density at radius 3 is 2.85 bits per heavy atom. The molecule has 1 N–H and O–H groups in total. The van der Waals surface area contributed by atoms with E-state index < -0.39 is 0 Å². The third kappa shape index (κ3) is 3.31. The van der Waals surface area contributed by atoms with Crippen LogP contribution in [-0.4, -0.2) is 52.9 Å². The summed E-state index contributed by atoms with van der Waals surface area (Å²) in [5.74, 6) is 0.976. The molecule has 2 aliphatic heterocycles. The zero-order valence-corrected chi connectivity index (χ0v) is 15.5. The third-order valence-electron chi connectivity index (χ3n) is 6.34. The number of hydrogen-bond acceptors (Lipinski definition) is 3. The minimum absolute atomic E-state index is 0.0240. The lowest BCUT2D eigenvalue weighted by molar-refractivity contribution is -0.139. The van der Waals surface area contributed by atoms with E-state index in [4.69, 9.17) is 0 Å². The number of amides is 2. The first-order chi connectivity index (χ1) is 12.5. The van der Waals surface area contributed by atoms with Crippen molar-refractivity contribution >= 4 is 11.8 Å². The van der Waals surface area contributed by atoms with Crippen molar-refractivity contribution in [3.8, 4) is 5.75 Å². The molecule has 1 atom stereocenters. The highest BCUT2D eigenvalue weighted by molar-refractivity contribution is 5.97. The van der Waals surface area contributed by atoms with Gasteiger partial charge in [-0.25, -0.2) is 0 Å². The van der Waals surface area contributed by atoms with E-state index in [1.54, 1.807) is 6.07 Å². The summed E-state index contributed by atoms with van der Waals surface area (Å²) in [6.45, 7) is 4.91. The van der Waals surface area contributed by atoms with Gasteiger partial charge in [0, 0.05) is 38.0 Å². The number of benzene rings is 1. The highest BCUT2D eigenvalue weighted by Crippen LogP contribution is 2.41. The van der Waals surface area contributed by atoms with Crippen LogP contribution in [-0.2, 0) is 4.79 Å². The van der Waals surface area contributed by atoms with Crippen molar-refractivity contribution in [3.05, 3.63) is 29.3 Å². The Kier molecular flexibility index (Phi) is 4.41. The van der Waals surface area contributed by atoms with Crippen molar-refractivity contribution in [1.82, 2.24) is 9.80 Å². The number of aromatic hydroxyl groups is 1. The smallest absolute Gasteiger partial charge is 0.257 e. The lowest BCUT2D eigenvalue weighted by Gasteiger charge is -2.48. The van der Waals surface area contributed by atoms with E-state index in [9.17, 15) is 14.7 Å². The first kappa shape index (κ1) is 17.4. The van der Waals surface area contributed by atoms with Gasteiger partial charge >= 0.3 is 0 Å². The Morgan fingerprint density at radius 1 is 1.27 bits per heavy atom. The van der Waals surface area contributed by atoms with E-state index in [-0.39, 0.29) is 23.0 Å². The van der Waals surface area contributed by atoms with E-state index in [0.29, 0.717) is 24.4 Å². The molecule has 0 bridgehead atoms. The predicted molar refractivity (Wildman–Crippen MR) is 99.0 cm³/mol. The second-order valence-corrected chi connectivity index (χ2v) is 8.52. The molecule has 5 heteroatoms. The SMILES string of the molecule is Cc1cccc(C(=O)N2CCCC3(CCC(=O)N(CC4CC4)C3)C2)c1O. The molecule has 0 aromatic heterocycles. The minimum atomic E-state index is -0.0871. The molecule has 140 valence electrons. The van der Waals surface area contributed by atoms with Gasteiger partial charge in [0.2, 0.25) is 5.91 Å². The van der Waals surface area contributed by atoms with Gasteiger partial charge in [0.25, 0.3) is 5.91 Å².